The number of nitrogens with zero attached hydrogens (tertiary/aromatic N) is 1. The zero-order valence-corrected chi connectivity index (χ0v) is 11.2. The first-order chi connectivity index (χ1) is 7.30. The van der Waals surface area contributed by atoms with E-state index in [-0.39, 0.29) is 5.91 Å². The fourth-order valence-electron chi connectivity index (χ4n) is 1.33. The van der Waals surface area contributed by atoms with E-state index in [4.69, 9.17) is 11.6 Å². The van der Waals surface area contributed by atoms with Crippen molar-refractivity contribution in [3.8, 4) is 0 Å². The molecule has 1 N–H and O–H groups in total. The van der Waals surface area contributed by atoms with Crippen molar-refractivity contribution in [2.24, 2.45) is 0 Å². The largest absolute Gasteiger partial charge is 0.381 e. The van der Waals surface area contributed by atoms with Gasteiger partial charge in [0.1, 0.15) is 5.60 Å². The topological polar surface area (TPSA) is 40.5 Å². The van der Waals surface area contributed by atoms with Gasteiger partial charge in [-0.15, -0.1) is 11.3 Å². The molecule has 0 unspecified atom stereocenters. The van der Waals surface area contributed by atoms with Gasteiger partial charge in [0.2, 0.25) is 0 Å². The summed E-state index contributed by atoms with van der Waals surface area (Å²) in [4.78, 5) is 14.3. The zero-order chi connectivity index (χ0) is 12.3. The molecule has 1 rings (SSSR count). The number of amides is 1. The van der Waals surface area contributed by atoms with E-state index < -0.39 is 5.60 Å². The summed E-state index contributed by atoms with van der Waals surface area (Å²) in [7, 11) is 1.69. The number of carbonyl (C=O) groups is 1. The molecule has 0 aliphatic rings. The third kappa shape index (κ3) is 3.77. The Balaban J connectivity index is 2.47. The Kier molecular flexibility index (Phi) is 4.35. The molecule has 0 bridgehead atoms. The maximum absolute atomic E-state index is 11.6. The van der Waals surface area contributed by atoms with E-state index in [1.165, 1.54) is 30.1 Å². The van der Waals surface area contributed by atoms with Gasteiger partial charge in [0, 0.05) is 18.5 Å². The number of aliphatic hydroxyl groups is 1. The molecule has 90 valence electrons. The van der Waals surface area contributed by atoms with Crippen LogP contribution in [0.15, 0.2) is 12.1 Å². The van der Waals surface area contributed by atoms with E-state index in [1.807, 2.05) is 12.1 Å². The summed E-state index contributed by atoms with van der Waals surface area (Å²) >= 11 is 7.32. The minimum atomic E-state index is -1.30. The van der Waals surface area contributed by atoms with Crippen LogP contribution in [0.2, 0.25) is 4.34 Å². The van der Waals surface area contributed by atoms with Crippen molar-refractivity contribution in [3.05, 3.63) is 21.3 Å². The lowest BCUT2D eigenvalue weighted by atomic mass is 10.1. The van der Waals surface area contributed by atoms with E-state index in [0.29, 0.717) is 6.54 Å². The third-order valence-corrected chi connectivity index (χ3v) is 3.48. The molecule has 0 radical (unpaired) electrons. The molecule has 0 saturated carbocycles. The highest BCUT2D eigenvalue weighted by Crippen LogP contribution is 2.22. The molecule has 3 nitrogen and oxygen atoms in total. The summed E-state index contributed by atoms with van der Waals surface area (Å²) in [5, 5.41) is 9.55. The van der Waals surface area contributed by atoms with Crippen LogP contribution in [-0.2, 0) is 11.2 Å². The van der Waals surface area contributed by atoms with Crippen molar-refractivity contribution < 1.29 is 9.90 Å². The fraction of sp³-hybridized carbons (Fsp3) is 0.545. The Bertz CT molecular complexity index is 370. The normalized spacial score (nSPS) is 11.6. The van der Waals surface area contributed by atoms with Crippen LogP contribution < -0.4 is 0 Å². The molecular formula is C11H16ClNO2S. The van der Waals surface area contributed by atoms with Gasteiger partial charge in [-0.2, -0.15) is 0 Å². The smallest absolute Gasteiger partial charge is 0.253 e. The van der Waals surface area contributed by atoms with Crippen molar-refractivity contribution in [2.75, 3.05) is 13.6 Å². The van der Waals surface area contributed by atoms with Crippen LogP contribution in [-0.4, -0.2) is 35.1 Å². The lowest BCUT2D eigenvalue weighted by Gasteiger charge is -2.24. The molecule has 0 spiro atoms. The van der Waals surface area contributed by atoms with Crippen LogP contribution in [0.3, 0.4) is 0 Å². The average molecular weight is 262 g/mol. The predicted octanol–water partition coefficient (Wildman–Crippen LogP) is 2.17. The lowest BCUT2D eigenvalue weighted by Crippen LogP contribution is -2.43. The van der Waals surface area contributed by atoms with Crippen molar-refractivity contribution in [1.82, 2.24) is 4.90 Å². The number of hydrogen-bond donors (Lipinski definition) is 1. The van der Waals surface area contributed by atoms with Crippen LogP contribution in [0.1, 0.15) is 18.7 Å². The predicted molar refractivity (Wildman–Crippen MR) is 67.0 cm³/mol. The third-order valence-electron chi connectivity index (χ3n) is 2.19. The molecule has 0 aliphatic heterocycles. The molecule has 0 saturated heterocycles. The Labute approximate surface area is 105 Å². The minimum absolute atomic E-state index is 0.268. The Morgan fingerprint density at radius 2 is 2.19 bits per heavy atom. The standard InChI is InChI=1S/C11H16ClNO2S/c1-11(2,15)10(14)13(3)7-6-8-4-5-9(12)16-8/h4-5,15H,6-7H2,1-3H3. The maximum atomic E-state index is 11.6. The number of likely N-dealkylation sites (N-methyl/N-ethyl adjacent to an activating group) is 1. The molecular weight excluding hydrogens is 246 g/mol. The van der Waals surface area contributed by atoms with Crippen LogP contribution in [0.25, 0.3) is 0 Å². The van der Waals surface area contributed by atoms with E-state index in [1.54, 1.807) is 7.05 Å². The molecule has 1 heterocycles. The fourth-order valence-corrected chi connectivity index (χ4v) is 2.41. The highest BCUT2D eigenvalue weighted by molar-refractivity contribution is 7.16. The highest BCUT2D eigenvalue weighted by Gasteiger charge is 2.26. The monoisotopic (exact) mass is 261 g/mol. The first-order valence-electron chi connectivity index (χ1n) is 5.03. The second-order valence-corrected chi connectivity index (χ2v) is 6.04. The van der Waals surface area contributed by atoms with Crippen molar-refractivity contribution in [3.63, 3.8) is 0 Å². The molecule has 1 aromatic rings. The van der Waals surface area contributed by atoms with Gasteiger partial charge in [-0.1, -0.05) is 11.6 Å². The van der Waals surface area contributed by atoms with Crippen molar-refractivity contribution in [2.45, 2.75) is 25.9 Å². The molecule has 5 heteroatoms. The van der Waals surface area contributed by atoms with Crippen LogP contribution in [0.4, 0.5) is 0 Å². The SMILES string of the molecule is CN(CCc1ccc(Cl)s1)C(=O)C(C)(C)O. The van der Waals surface area contributed by atoms with E-state index in [2.05, 4.69) is 0 Å². The minimum Gasteiger partial charge on any atom is -0.381 e. The number of halogens is 1. The summed E-state index contributed by atoms with van der Waals surface area (Å²) in [5.74, 6) is -0.268. The highest BCUT2D eigenvalue weighted by atomic mass is 35.5. The Morgan fingerprint density at radius 1 is 1.56 bits per heavy atom. The summed E-state index contributed by atoms with van der Waals surface area (Å²) < 4.78 is 0.756. The Hall–Kier alpha value is -0.580. The molecule has 0 atom stereocenters. The van der Waals surface area contributed by atoms with E-state index in [0.717, 1.165) is 15.6 Å². The quantitative estimate of drug-likeness (QED) is 0.903. The second-order valence-electron chi connectivity index (χ2n) is 4.24. The van der Waals surface area contributed by atoms with E-state index in [9.17, 15) is 9.90 Å². The Morgan fingerprint density at radius 3 is 2.62 bits per heavy atom. The zero-order valence-electron chi connectivity index (χ0n) is 9.66. The van der Waals surface area contributed by atoms with Crippen LogP contribution in [0, 0.1) is 0 Å². The van der Waals surface area contributed by atoms with E-state index >= 15 is 0 Å². The molecule has 0 aliphatic carbocycles. The lowest BCUT2D eigenvalue weighted by molar-refractivity contribution is -0.146. The van der Waals surface area contributed by atoms with Gasteiger partial charge >= 0.3 is 0 Å². The molecule has 1 aromatic heterocycles. The van der Waals surface area contributed by atoms with Crippen molar-refractivity contribution in [1.29, 1.82) is 0 Å². The summed E-state index contributed by atoms with van der Waals surface area (Å²) in [6.07, 6.45) is 0.760. The molecule has 0 aromatic carbocycles. The first-order valence-corrected chi connectivity index (χ1v) is 6.22. The van der Waals surface area contributed by atoms with Crippen LogP contribution >= 0.6 is 22.9 Å². The summed E-state index contributed by atoms with van der Waals surface area (Å²) in [6.45, 7) is 3.57. The van der Waals surface area contributed by atoms with Crippen molar-refractivity contribution >= 4 is 28.8 Å². The maximum Gasteiger partial charge on any atom is 0.253 e. The van der Waals surface area contributed by atoms with Gasteiger partial charge < -0.3 is 10.0 Å². The molecule has 0 fully saturated rings. The van der Waals surface area contributed by atoms with Crippen LogP contribution in [0.5, 0.6) is 0 Å². The van der Waals surface area contributed by atoms with Gasteiger partial charge in [0.05, 0.1) is 4.34 Å². The number of thiophene rings is 1. The average Bonchev–Trinajstić information content (AvgIpc) is 2.58. The second kappa shape index (κ2) is 5.17. The molecule has 16 heavy (non-hydrogen) atoms. The number of hydrogen-bond acceptors (Lipinski definition) is 3. The van der Waals surface area contributed by atoms with Gasteiger partial charge in [-0.25, -0.2) is 0 Å². The van der Waals surface area contributed by atoms with Gasteiger partial charge in [0.15, 0.2) is 0 Å². The molecule has 1 amide bonds. The summed E-state index contributed by atoms with van der Waals surface area (Å²) in [6, 6.07) is 3.80. The van der Waals surface area contributed by atoms with Gasteiger partial charge in [-0.3, -0.25) is 4.79 Å². The number of carbonyl (C=O) groups excluding carboxylic acids is 1. The summed E-state index contributed by atoms with van der Waals surface area (Å²) in [5.41, 5.74) is -1.30. The number of rotatable bonds is 4. The van der Waals surface area contributed by atoms with Gasteiger partial charge in [0.25, 0.3) is 5.91 Å². The first kappa shape index (κ1) is 13.5. The van der Waals surface area contributed by atoms with Gasteiger partial charge in [-0.05, 0) is 32.4 Å².